The van der Waals surface area contributed by atoms with Crippen molar-refractivity contribution in [3.05, 3.63) is 59.7 Å². The third-order valence-electron chi connectivity index (χ3n) is 5.13. The van der Waals surface area contributed by atoms with E-state index in [-0.39, 0.29) is 19.0 Å². The molecule has 2 aromatic carbocycles. The smallest absolute Gasteiger partial charge is 0.203 e. The molecule has 1 aromatic heterocycles. The second-order valence-electron chi connectivity index (χ2n) is 7.37. The Labute approximate surface area is 178 Å². The number of rotatable bonds is 10. The highest BCUT2D eigenvalue weighted by molar-refractivity contribution is 5.85. The Bertz CT molecular complexity index is 964. The molecular formula is C23H32ClN3O2. The number of aliphatic hydroxyl groups excluding tert-OH is 1. The van der Waals surface area contributed by atoms with Crippen molar-refractivity contribution in [2.45, 2.75) is 58.7 Å². The molecule has 3 aromatic rings. The van der Waals surface area contributed by atoms with Crippen molar-refractivity contribution in [2.24, 2.45) is 0 Å². The standard InChI is InChI=1S/C23H31N3O2.ClH/c1-3-4-5-10-15-25-20-12-7-8-13-21(20)26(23(25)24)16-19(27)17-28-22-14-9-6-11-18(22)2;/h6-9,11-14,19,24,27H,3-5,10,15-17H2,1-2H3;1H. The van der Waals surface area contributed by atoms with Crippen LogP contribution in [-0.2, 0) is 13.1 Å². The zero-order chi connectivity index (χ0) is 19.9. The van der Waals surface area contributed by atoms with E-state index in [1.807, 2.05) is 54.0 Å². The molecular weight excluding hydrogens is 386 g/mol. The van der Waals surface area contributed by atoms with E-state index in [2.05, 4.69) is 17.6 Å². The van der Waals surface area contributed by atoms with Crippen LogP contribution in [0.4, 0.5) is 0 Å². The molecule has 1 heterocycles. The third-order valence-corrected chi connectivity index (χ3v) is 5.13. The van der Waals surface area contributed by atoms with Gasteiger partial charge in [-0.05, 0) is 37.1 Å². The van der Waals surface area contributed by atoms with Crippen LogP contribution in [0.1, 0.15) is 38.2 Å². The average Bonchev–Trinajstić information content (AvgIpc) is 2.96. The average molecular weight is 418 g/mol. The number of hydrogen-bond donors (Lipinski definition) is 2. The summed E-state index contributed by atoms with van der Waals surface area (Å²) in [5, 5.41) is 19.2. The number of hydrogen-bond acceptors (Lipinski definition) is 3. The van der Waals surface area contributed by atoms with E-state index in [1.54, 1.807) is 0 Å². The van der Waals surface area contributed by atoms with E-state index in [9.17, 15) is 5.11 Å². The number of aliphatic hydroxyl groups is 1. The van der Waals surface area contributed by atoms with Crippen LogP contribution in [0.2, 0.25) is 0 Å². The molecule has 3 rings (SSSR count). The van der Waals surface area contributed by atoms with Crippen LogP contribution < -0.4 is 10.4 Å². The molecule has 1 atom stereocenters. The van der Waals surface area contributed by atoms with Gasteiger partial charge in [-0.2, -0.15) is 0 Å². The van der Waals surface area contributed by atoms with Crippen molar-refractivity contribution >= 4 is 23.4 Å². The molecule has 6 heteroatoms. The first-order valence-electron chi connectivity index (χ1n) is 10.2. The van der Waals surface area contributed by atoms with Crippen LogP contribution >= 0.6 is 12.4 Å². The highest BCUT2D eigenvalue weighted by Gasteiger charge is 2.14. The van der Waals surface area contributed by atoms with E-state index < -0.39 is 6.10 Å². The van der Waals surface area contributed by atoms with Crippen LogP contribution in [0, 0.1) is 12.3 Å². The van der Waals surface area contributed by atoms with Crippen LogP contribution in [0.15, 0.2) is 48.5 Å². The lowest BCUT2D eigenvalue weighted by molar-refractivity contribution is 0.0917. The molecule has 5 nitrogen and oxygen atoms in total. The summed E-state index contributed by atoms with van der Waals surface area (Å²) in [6.45, 7) is 5.57. The number of nitrogens with zero attached hydrogens (tertiary/aromatic N) is 2. The summed E-state index contributed by atoms with van der Waals surface area (Å²) in [7, 11) is 0. The van der Waals surface area contributed by atoms with Crippen LogP contribution in [0.25, 0.3) is 11.0 Å². The number of unbranched alkanes of at least 4 members (excludes halogenated alkanes) is 3. The van der Waals surface area contributed by atoms with Gasteiger partial charge in [-0.25, -0.2) is 0 Å². The number of aryl methyl sites for hydroxylation is 2. The van der Waals surface area contributed by atoms with Gasteiger partial charge in [0.05, 0.1) is 17.6 Å². The van der Waals surface area contributed by atoms with Crippen LogP contribution in [0.5, 0.6) is 5.75 Å². The summed E-state index contributed by atoms with van der Waals surface area (Å²) < 4.78 is 9.74. The summed E-state index contributed by atoms with van der Waals surface area (Å²) in [4.78, 5) is 0. The number of nitrogens with one attached hydrogen (secondary N) is 1. The predicted octanol–water partition coefficient (Wildman–Crippen LogP) is 4.67. The predicted molar refractivity (Wildman–Crippen MR) is 120 cm³/mol. The zero-order valence-corrected chi connectivity index (χ0v) is 18.1. The Morgan fingerprint density at radius 2 is 1.62 bits per heavy atom. The molecule has 0 aliphatic carbocycles. The Balaban J connectivity index is 0.00000300. The summed E-state index contributed by atoms with van der Waals surface area (Å²) >= 11 is 0. The maximum Gasteiger partial charge on any atom is 0.203 e. The summed E-state index contributed by atoms with van der Waals surface area (Å²) in [5.74, 6) is 0.788. The highest BCUT2D eigenvalue weighted by Crippen LogP contribution is 2.17. The first-order valence-corrected chi connectivity index (χ1v) is 10.2. The molecule has 29 heavy (non-hydrogen) atoms. The molecule has 1 unspecified atom stereocenters. The number of aromatic nitrogens is 2. The number of fused-ring (bicyclic) bond motifs is 1. The highest BCUT2D eigenvalue weighted by atomic mass is 35.5. The van der Waals surface area contributed by atoms with Gasteiger partial charge in [0.1, 0.15) is 18.5 Å². The summed E-state index contributed by atoms with van der Waals surface area (Å²) in [6, 6.07) is 15.9. The number of halogens is 1. The number of para-hydroxylation sites is 3. The Morgan fingerprint density at radius 3 is 2.31 bits per heavy atom. The van der Waals surface area contributed by atoms with Gasteiger partial charge in [0, 0.05) is 6.54 Å². The molecule has 0 saturated heterocycles. The van der Waals surface area contributed by atoms with Gasteiger partial charge < -0.3 is 19.0 Å². The maximum absolute atomic E-state index is 10.6. The SMILES string of the molecule is CCCCCCn1c(=N)n(CC(O)COc2ccccc2C)c2ccccc21.Cl. The monoisotopic (exact) mass is 417 g/mol. The molecule has 0 saturated carbocycles. The lowest BCUT2D eigenvalue weighted by Gasteiger charge is -2.15. The Kier molecular flexibility index (Phi) is 8.80. The normalized spacial score (nSPS) is 12.0. The molecule has 0 aliphatic rings. The second kappa shape index (κ2) is 11.1. The van der Waals surface area contributed by atoms with Gasteiger partial charge in [-0.15, -0.1) is 12.4 Å². The quantitative estimate of drug-likeness (QED) is 0.471. The van der Waals surface area contributed by atoms with Crippen molar-refractivity contribution in [3.63, 3.8) is 0 Å². The van der Waals surface area contributed by atoms with Gasteiger partial charge >= 0.3 is 0 Å². The van der Waals surface area contributed by atoms with Gasteiger partial charge in [-0.3, -0.25) is 5.41 Å². The lowest BCUT2D eigenvalue weighted by Crippen LogP contribution is -2.31. The molecule has 0 bridgehead atoms. The van der Waals surface area contributed by atoms with Gasteiger partial charge in [-0.1, -0.05) is 56.5 Å². The van der Waals surface area contributed by atoms with Crippen LogP contribution in [0.3, 0.4) is 0 Å². The van der Waals surface area contributed by atoms with Gasteiger partial charge in [0.2, 0.25) is 5.62 Å². The van der Waals surface area contributed by atoms with E-state index in [1.165, 1.54) is 19.3 Å². The van der Waals surface area contributed by atoms with Crippen molar-refractivity contribution in [3.8, 4) is 5.75 Å². The molecule has 0 amide bonds. The molecule has 2 N–H and O–H groups in total. The topological polar surface area (TPSA) is 63.2 Å². The minimum atomic E-state index is -0.687. The molecule has 0 radical (unpaired) electrons. The number of benzene rings is 2. The Morgan fingerprint density at radius 1 is 0.966 bits per heavy atom. The van der Waals surface area contributed by atoms with Crippen LogP contribution in [-0.4, -0.2) is 27.0 Å². The van der Waals surface area contributed by atoms with E-state index in [0.717, 1.165) is 35.3 Å². The fourth-order valence-electron chi connectivity index (χ4n) is 3.57. The van der Waals surface area contributed by atoms with E-state index in [4.69, 9.17) is 10.1 Å². The molecule has 158 valence electrons. The Hall–Kier alpha value is -2.24. The minimum Gasteiger partial charge on any atom is -0.491 e. The summed E-state index contributed by atoms with van der Waals surface area (Å²) in [6.07, 6.45) is 3.98. The number of ether oxygens (including phenoxy) is 1. The lowest BCUT2D eigenvalue weighted by atomic mass is 10.2. The molecule has 0 fully saturated rings. The first-order chi connectivity index (χ1) is 13.6. The van der Waals surface area contributed by atoms with E-state index in [0.29, 0.717) is 12.2 Å². The summed E-state index contributed by atoms with van der Waals surface area (Å²) in [5.41, 5.74) is 3.52. The number of imidazole rings is 1. The molecule has 0 spiro atoms. The van der Waals surface area contributed by atoms with Crippen molar-refractivity contribution in [2.75, 3.05) is 6.61 Å². The second-order valence-corrected chi connectivity index (χ2v) is 7.37. The first kappa shape index (κ1) is 23.0. The van der Waals surface area contributed by atoms with Crippen molar-refractivity contribution < 1.29 is 9.84 Å². The maximum atomic E-state index is 10.6. The van der Waals surface area contributed by atoms with Gasteiger partial charge in [0.15, 0.2) is 0 Å². The fourth-order valence-corrected chi connectivity index (χ4v) is 3.57. The van der Waals surface area contributed by atoms with E-state index >= 15 is 0 Å². The third kappa shape index (κ3) is 5.64. The van der Waals surface area contributed by atoms with Gasteiger partial charge in [0.25, 0.3) is 0 Å². The van der Waals surface area contributed by atoms with Crippen molar-refractivity contribution in [1.29, 1.82) is 5.41 Å². The zero-order valence-electron chi connectivity index (χ0n) is 17.3. The van der Waals surface area contributed by atoms with Crippen molar-refractivity contribution in [1.82, 2.24) is 9.13 Å². The largest absolute Gasteiger partial charge is 0.491 e. The molecule has 0 aliphatic heterocycles. The minimum absolute atomic E-state index is 0. The fraction of sp³-hybridized carbons (Fsp3) is 0.435.